The number of ketones is 1. The van der Waals surface area contributed by atoms with E-state index in [1.165, 1.54) is 38.7 Å². The topological polar surface area (TPSA) is 72.3 Å². The largest absolute Gasteiger partial charge is 0.512 e. The van der Waals surface area contributed by atoms with E-state index in [1.54, 1.807) is 0 Å². The van der Waals surface area contributed by atoms with E-state index in [-0.39, 0.29) is 42.5 Å². The van der Waals surface area contributed by atoms with E-state index in [2.05, 4.69) is 95.3 Å². The van der Waals surface area contributed by atoms with Crippen molar-refractivity contribution in [1.82, 2.24) is 9.97 Å². The number of hydrogen-bond donors (Lipinski definition) is 1. The van der Waals surface area contributed by atoms with Gasteiger partial charge in [0.25, 0.3) is 0 Å². The molecule has 255 valence electrons. The van der Waals surface area contributed by atoms with Gasteiger partial charge in [-0.25, -0.2) is 0 Å². The quantitative estimate of drug-likeness (QED) is 0.0772. The molecule has 2 aromatic heterocycles. The van der Waals surface area contributed by atoms with Crippen molar-refractivity contribution >= 4 is 49.0 Å². The maximum Gasteiger partial charge on any atom is 0.164 e. The summed E-state index contributed by atoms with van der Waals surface area (Å²) >= 11 is 0. The number of ether oxygens (including phenoxy) is 1. The molecule has 6 heteroatoms. The van der Waals surface area contributed by atoms with Crippen molar-refractivity contribution in [2.45, 2.75) is 81.6 Å². The van der Waals surface area contributed by atoms with Crippen molar-refractivity contribution in [2.24, 2.45) is 10.8 Å². The average Bonchev–Trinajstić information content (AvgIpc) is 3.01. The standard InChI is InChI=1S/C32H25N2O.C11H20O2.Ir/c1-17-6-7-20-14-26-30-28-23(12-13-33-30)22-11-9-19-8-10-21(32(3,4)5)15-24(19)25(22)16-27(28)35-31(26)34-29(20)18(17)2;1-10(2,3)8(12)7-9(13)11(4,5)6;/h6-13,15-16H,1-5H3;7,12H,1-6H3;/q-1;;/b;8-7-;. The van der Waals surface area contributed by atoms with E-state index in [1.807, 2.05) is 47.7 Å². The molecule has 49 heavy (non-hydrogen) atoms. The number of pyridine rings is 2. The Balaban J connectivity index is 0.000000288. The smallest absolute Gasteiger partial charge is 0.164 e. The van der Waals surface area contributed by atoms with Gasteiger partial charge in [0, 0.05) is 59.8 Å². The first-order valence-electron chi connectivity index (χ1n) is 16.6. The summed E-state index contributed by atoms with van der Waals surface area (Å²) in [5.41, 5.74) is 5.64. The van der Waals surface area contributed by atoms with Gasteiger partial charge in [0.2, 0.25) is 0 Å². The van der Waals surface area contributed by atoms with Crippen LogP contribution in [-0.2, 0) is 30.3 Å². The number of rotatable bonds is 1. The SMILES string of the molecule is CC(C)(C)C(=O)/C=C(\O)C(C)(C)C.Cc1ccc2[c-]c3c(nc2c1C)Oc1cc2c4cc(C(C)(C)C)ccc4ccc2c2ccnc-3c12.[Ir]. The number of aliphatic hydroxyl groups is 1. The molecule has 0 atom stereocenters. The van der Waals surface area contributed by atoms with Crippen LogP contribution in [-0.4, -0.2) is 20.9 Å². The van der Waals surface area contributed by atoms with Crippen molar-refractivity contribution in [3.63, 3.8) is 0 Å². The van der Waals surface area contributed by atoms with Crippen LogP contribution in [0.3, 0.4) is 0 Å². The molecule has 6 aromatic rings. The second-order valence-electron chi connectivity index (χ2n) is 16.1. The first-order chi connectivity index (χ1) is 22.3. The maximum atomic E-state index is 11.5. The van der Waals surface area contributed by atoms with E-state index in [0.717, 1.165) is 44.2 Å². The number of aryl methyl sites for hydroxylation is 2. The Labute approximate surface area is 303 Å². The third-order valence-corrected chi connectivity index (χ3v) is 9.30. The van der Waals surface area contributed by atoms with Gasteiger partial charge in [0.05, 0.1) is 0 Å². The summed E-state index contributed by atoms with van der Waals surface area (Å²) in [7, 11) is 0. The minimum atomic E-state index is -0.417. The molecule has 1 N–H and O–H groups in total. The van der Waals surface area contributed by atoms with Gasteiger partial charge in [-0.15, -0.1) is 12.1 Å². The van der Waals surface area contributed by atoms with E-state index in [0.29, 0.717) is 5.88 Å². The third kappa shape index (κ3) is 6.74. The van der Waals surface area contributed by atoms with Crippen molar-refractivity contribution in [2.75, 3.05) is 0 Å². The van der Waals surface area contributed by atoms with Crippen LogP contribution in [0.15, 0.2) is 72.6 Å². The number of nitrogens with zero attached hydrogens (tertiary/aromatic N) is 2. The Morgan fingerprint density at radius 1 is 0.816 bits per heavy atom. The molecule has 0 saturated carbocycles. The minimum Gasteiger partial charge on any atom is -0.512 e. The van der Waals surface area contributed by atoms with Crippen molar-refractivity contribution in [3.8, 4) is 22.9 Å². The van der Waals surface area contributed by atoms with Crippen LogP contribution in [0, 0.1) is 30.7 Å². The molecule has 0 aliphatic carbocycles. The van der Waals surface area contributed by atoms with Gasteiger partial charge in [0.1, 0.15) is 11.5 Å². The predicted molar refractivity (Wildman–Crippen MR) is 199 cm³/mol. The Morgan fingerprint density at radius 3 is 2.16 bits per heavy atom. The molecule has 0 amide bonds. The van der Waals surface area contributed by atoms with Gasteiger partial charge in [-0.1, -0.05) is 109 Å². The van der Waals surface area contributed by atoms with Crippen LogP contribution in [0.2, 0.25) is 0 Å². The van der Waals surface area contributed by atoms with E-state index in [4.69, 9.17) is 14.7 Å². The Morgan fingerprint density at radius 2 is 1.51 bits per heavy atom. The fraction of sp³-hybridized carbons (Fsp3) is 0.326. The number of aromatic nitrogens is 2. The molecule has 1 radical (unpaired) electrons. The molecule has 0 saturated heterocycles. The Bertz CT molecular complexity index is 2320. The molecule has 0 unspecified atom stereocenters. The zero-order valence-corrected chi connectivity index (χ0v) is 32.7. The summed E-state index contributed by atoms with van der Waals surface area (Å²) in [6, 6.07) is 23.3. The summed E-state index contributed by atoms with van der Waals surface area (Å²) in [6.45, 7) is 22.1. The van der Waals surface area contributed by atoms with Crippen molar-refractivity contribution < 1.29 is 34.7 Å². The number of fused-ring (bicyclic) bond motifs is 7. The summed E-state index contributed by atoms with van der Waals surface area (Å²) < 4.78 is 6.52. The van der Waals surface area contributed by atoms with Gasteiger partial charge in [-0.3, -0.25) is 14.8 Å². The third-order valence-electron chi connectivity index (χ3n) is 9.30. The number of carbonyl (C=O) groups excluding carboxylic acids is 1. The van der Waals surface area contributed by atoms with Crippen LogP contribution < -0.4 is 4.74 Å². The molecular formula is C43H45IrN2O3-. The Kier molecular flexibility index (Phi) is 9.33. The molecule has 1 aliphatic heterocycles. The summed E-state index contributed by atoms with van der Waals surface area (Å²) in [6.07, 6.45) is 3.23. The molecule has 0 fully saturated rings. The van der Waals surface area contributed by atoms with Crippen LogP contribution >= 0.6 is 0 Å². The molecule has 0 bridgehead atoms. The fourth-order valence-electron chi connectivity index (χ4n) is 5.90. The van der Waals surface area contributed by atoms with E-state index < -0.39 is 5.41 Å². The molecular weight excluding hydrogens is 785 g/mol. The van der Waals surface area contributed by atoms with Crippen molar-refractivity contribution in [1.29, 1.82) is 0 Å². The van der Waals surface area contributed by atoms with Gasteiger partial charge in [-0.2, -0.15) is 0 Å². The van der Waals surface area contributed by atoms with Crippen LogP contribution in [0.5, 0.6) is 11.6 Å². The van der Waals surface area contributed by atoms with Crippen LogP contribution in [0.1, 0.15) is 79.0 Å². The zero-order chi connectivity index (χ0) is 34.9. The van der Waals surface area contributed by atoms with Crippen LogP contribution in [0.25, 0.3) is 54.5 Å². The van der Waals surface area contributed by atoms with Crippen LogP contribution in [0.4, 0.5) is 0 Å². The molecule has 4 aromatic carbocycles. The number of aliphatic hydroxyl groups excluding tert-OH is 1. The van der Waals surface area contributed by atoms with Gasteiger partial charge >= 0.3 is 0 Å². The average molecular weight is 830 g/mol. The van der Waals surface area contributed by atoms with Gasteiger partial charge in [0.15, 0.2) is 11.7 Å². The monoisotopic (exact) mass is 830 g/mol. The summed E-state index contributed by atoms with van der Waals surface area (Å²) in [4.78, 5) is 21.2. The number of carbonyl (C=O) groups is 1. The van der Waals surface area contributed by atoms with E-state index >= 15 is 0 Å². The maximum absolute atomic E-state index is 11.5. The first kappa shape index (κ1) is 36.2. The number of benzene rings is 4. The van der Waals surface area contributed by atoms with E-state index in [9.17, 15) is 9.90 Å². The summed E-state index contributed by atoms with van der Waals surface area (Å²) in [5, 5.41) is 17.6. The molecule has 5 nitrogen and oxygen atoms in total. The first-order valence-corrected chi connectivity index (χ1v) is 16.6. The normalized spacial score (nSPS) is 13.1. The van der Waals surface area contributed by atoms with Crippen molar-refractivity contribution in [3.05, 3.63) is 95.4 Å². The molecule has 0 spiro atoms. The second kappa shape index (κ2) is 12.6. The Hall–Kier alpha value is -4.12. The zero-order valence-electron chi connectivity index (χ0n) is 30.3. The molecule has 3 heterocycles. The second-order valence-corrected chi connectivity index (χ2v) is 16.1. The summed E-state index contributed by atoms with van der Waals surface area (Å²) in [5.74, 6) is 1.49. The van der Waals surface area contributed by atoms with Gasteiger partial charge < -0.3 is 9.84 Å². The number of allylic oxidation sites excluding steroid dienone is 2. The number of hydrogen-bond acceptors (Lipinski definition) is 5. The minimum absolute atomic E-state index is 0. The molecule has 1 aliphatic rings. The molecule has 7 rings (SSSR count). The fourth-order valence-corrected chi connectivity index (χ4v) is 5.90. The predicted octanol–water partition coefficient (Wildman–Crippen LogP) is 11.7. The van der Waals surface area contributed by atoms with Gasteiger partial charge in [-0.05, 0) is 75.5 Å².